The van der Waals surface area contributed by atoms with Crippen LogP contribution in [0.1, 0.15) is 49.7 Å². The van der Waals surface area contributed by atoms with E-state index < -0.39 is 0 Å². The lowest BCUT2D eigenvalue weighted by Crippen LogP contribution is -2.10. The molecule has 0 amide bonds. The highest BCUT2D eigenvalue weighted by molar-refractivity contribution is 6.22. The average Bonchev–Trinajstić information content (AvgIpc) is 3.37. The normalized spacial score (nSPS) is 12.2. The maximum absolute atomic E-state index is 2.43. The maximum atomic E-state index is 2.43. The molecule has 2 unspecified atom stereocenters. The van der Waals surface area contributed by atoms with Crippen LogP contribution in [-0.2, 0) is 0 Å². The third-order valence-corrected chi connectivity index (χ3v) is 12.9. The van der Waals surface area contributed by atoms with Crippen molar-refractivity contribution in [1.82, 2.24) is 0 Å². The van der Waals surface area contributed by atoms with Crippen LogP contribution in [0.5, 0.6) is 0 Å². The smallest absolute Gasteiger partial charge is 0.0468 e. The van der Waals surface area contributed by atoms with Gasteiger partial charge in [-0.2, -0.15) is 0 Å². The third kappa shape index (κ3) is 8.07. The predicted octanol–water partition coefficient (Wildman–Crippen LogP) is 18.0. The molecule has 0 spiro atoms. The van der Waals surface area contributed by atoms with E-state index in [1.165, 1.54) is 54.9 Å². The average molecular weight is 825 g/mol. The zero-order valence-corrected chi connectivity index (χ0v) is 36.6. The summed E-state index contributed by atoms with van der Waals surface area (Å²) in [5, 5.41) is 4.87. The number of anilines is 6. The minimum absolute atomic E-state index is 0.458. The number of nitrogens with zero attached hydrogens (tertiary/aromatic N) is 2. The number of fused-ring (bicyclic) bond motifs is 2. The van der Waals surface area contributed by atoms with Crippen molar-refractivity contribution in [2.24, 2.45) is 0 Å². The summed E-state index contributed by atoms with van der Waals surface area (Å²) >= 11 is 0. The summed E-state index contributed by atoms with van der Waals surface area (Å²) in [4.78, 5) is 4.74. The number of hydrogen-bond acceptors (Lipinski definition) is 2. The van der Waals surface area contributed by atoms with Gasteiger partial charge in [0.25, 0.3) is 0 Å². The zero-order valence-electron chi connectivity index (χ0n) is 36.6. The molecule has 2 heteroatoms. The van der Waals surface area contributed by atoms with E-state index in [1.54, 1.807) is 0 Å². The quantitative estimate of drug-likeness (QED) is 0.107. The highest BCUT2D eigenvalue weighted by Crippen LogP contribution is 2.48. The van der Waals surface area contributed by atoms with Crippen LogP contribution >= 0.6 is 0 Å². The Balaban J connectivity index is 1.22. The molecule has 0 saturated carbocycles. The summed E-state index contributed by atoms with van der Waals surface area (Å²) in [5.41, 5.74) is 14.3. The zero-order chi connectivity index (χ0) is 43.2. The van der Waals surface area contributed by atoms with Crippen molar-refractivity contribution in [2.75, 3.05) is 9.80 Å². The Morgan fingerprint density at radius 3 is 1.08 bits per heavy atom. The predicted molar refractivity (Wildman–Crippen MR) is 274 cm³/mol. The lowest BCUT2D eigenvalue weighted by atomic mass is 9.83. The molecule has 0 aliphatic rings. The van der Waals surface area contributed by atoms with Crippen molar-refractivity contribution in [3.63, 3.8) is 0 Å². The van der Waals surface area contributed by atoms with E-state index in [0.29, 0.717) is 11.8 Å². The number of hydrogen-bond donors (Lipinski definition) is 0. The minimum atomic E-state index is 0.458. The molecule has 0 radical (unpaired) electrons. The van der Waals surface area contributed by atoms with Crippen LogP contribution in [-0.4, -0.2) is 0 Å². The van der Waals surface area contributed by atoms with Gasteiger partial charge in [0.1, 0.15) is 0 Å². The van der Waals surface area contributed by atoms with Gasteiger partial charge in [0.15, 0.2) is 0 Å². The molecule has 0 bridgehead atoms. The fourth-order valence-electron chi connectivity index (χ4n) is 9.72. The van der Waals surface area contributed by atoms with E-state index in [2.05, 4.69) is 266 Å². The van der Waals surface area contributed by atoms with Crippen LogP contribution in [0.15, 0.2) is 243 Å². The second kappa shape index (κ2) is 18.3. The van der Waals surface area contributed by atoms with Gasteiger partial charge in [-0.25, -0.2) is 0 Å². The van der Waals surface area contributed by atoms with E-state index in [-0.39, 0.29) is 0 Å². The Hall–Kier alpha value is -7.68. The summed E-state index contributed by atoms with van der Waals surface area (Å²) < 4.78 is 0. The molecule has 64 heavy (non-hydrogen) atoms. The first-order chi connectivity index (χ1) is 31.6. The summed E-state index contributed by atoms with van der Waals surface area (Å²) in [7, 11) is 0. The Morgan fingerprint density at radius 1 is 0.328 bits per heavy atom. The molecular formula is C62H52N2. The number of benzene rings is 10. The molecule has 0 aliphatic carbocycles. The van der Waals surface area contributed by atoms with Gasteiger partial charge in [-0.1, -0.05) is 184 Å². The topological polar surface area (TPSA) is 6.48 Å². The second-order valence-corrected chi connectivity index (χ2v) is 16.9. The third-order valence-electron chi connectivity index (χ3n) is 12.9. The van der Waals surface area contributed by atoms with Gasteiger partial charge in [-0.05, 0) is 152 Å². The van der Waals surface area contributed by atoms with Crippen molar-refractivity contribution in [2.45, 2.75) is 38.5 Å². The highest BCUT2D eigenvalue weighted by atomic mass is 15.1. The van der Waals surface area contributed by atoms with Crippen LogP contribution in [0.2, 0.25) is 0 Å². The first-order valence-corrected chi connectivity index (χ1v) is 22.7. The molecule has 10 rings (SSSR count). The van der Waals surface area contributed by atoms with Gasteiger partial charge >= 0.3 is 0 Å². The molecule has 0 heterocycles. The van der Waals surface area contributed by atoms with E-state index >= 15 is 0 Å². The van der Waals surface area contributed by atoms with Gasteiger partial charge in [0, 0.05) is 34.1 Å². The molecule has 0 fully saturated rings. The molecule has 0 saturated heterocycles. The molecule has 310 valence electrons. The van der Waals surface area contributed by atoms with Gasteiger partial charge in [0.05, 0.1) is 0 Å². The van der Waals surface area contributed by atoms with Gasteiger partial charge in [-0.3, -0.25) is 0 Å². The summed E-state index contributed by atoms with van der Waals surface area (Å²) in [6.45, 7) is 4.70. The first-order valence-electron chi connectivity index (χ1n) is 22.7. The summed E-state index contributed by atoms with van der Waals surface area (Å²) in [6.07, 6.45) is 2.20. The Kier molecular flexibility index (Phi) is 11.6. The monoisotopic (exact) mass is 824 g/mol. The van der Waals surface area contributed by atoms with Crippen LogP contribution in [0, 0.1) is 0 Å². The number of rotatable bonds is 13. The lowest BCUT2D eigenvalue weighted by Gasteiger charge is -2.28. The Morgan fingerprint density at radius 2 is 0.688 bits per heavy atom. The van der Waals surface area contributed by atoms with Crippen LogP contribution in [0.4, 0.5) is 34.1 Å². The Labute approximate surface area is 378 Å². The van der Waals surface area contributed by atoms with Gasteiger partial charge < -0.3 is 9.80 Å². The van der Waals surface area contributed by atoms with Crippen molar-refractivity contribution in [1.29, 1.82) is 0 Å². The fourth-order valence-corrected chi connectivity index (χ4v) is 9.72. The largest absolute Gasteiger partial charge is 0.310 e. The molecule has 2 atom stereocenters. The van der Waals surface area contributed by atoms with E-state index in [0.717, 1.165) is 47.0 Å². The second-order valence-electron chi connectivity index (χ2n) is 16.9. The van der Waals surface area contributed by atoms with Gasteiger partial charge in [0.2, 0.25) is 0 Å². The van der Waals surface area contributed by atoms with Crippen LogP contribution in [0.25, 0.3) is 43.8 Å². The Bertz CT molecular complexity index is 3020. The van der Waals surface area contributed by atoms with E-state index in [1.807, 2.05) is 0 Å². The van der Waals surface area contributed by atoms with E-state index in [4.69, 9.17) is 0 Å². The maximum Gasteiger partial charge on any atom is 0.0468 e. The first kappa shape index (κ1) is 40.4. The SMILES string of the molecule is CCC(CC(C)c1ccccc1)c1ccc(-c2c3ccc(N(c4ccccc4)c4ccccc4)cc3c(-c3ccccc3)c3ccc(N(c4ccccc4)c4ccccc4)cc23)cc1. The highest BCUT2D eigenvalue weighted by Gasteiger charge is 2.23. The van der Waals surface area contributed by atoms with Gasteiger partial charge in [-0.15, -0.1) is 0 Å². The molecule has 10 aromatic rings. The summed E-state index contributed by atoms with van der Waals surface area (Å²) in [5.74, 6) is 0.931. The van der Waals surface area contributed by atoms with Crippen molar-refractivity contribution >= 4 is 55.7 Å². The molecule has 0 aliphatic heterocycles. The fraction of sp³-hybridized carbons (Fsp3) is 0.0968. The molecule has 10 aromatic carbocycles. The molecule has 2 nitrogen and oxygen atoms in total. The molecule has 0 N–H and O–H groups in total. The van der Waals surface area contributed by atoms with Crippen molar-refractivity contribution in [3.05, 3.63) is 254 Å². The molecular weight excluding hydrogens is 773 g/mol. The molecule has 0 aromatic heterocycles. The van der Waals surface area contributed by atoms with Crippen molar-refractivity contribution < 1.29 is 0 Å². The van der Waals surface area contributed by atoms with E-state index in [9.17, 15) is 0 Å². The number of para-hydroxylation sites is 4. The minimum Gasteiger partial charge on any atom is -0.310 e. The lowest BCUT2D eigenvalue weighted by molar-refractivity contribution is 0.544. The van der Waals surface area contributed by atoms with Crippen LogP contribution < -0.4 is 9.80 Å². The van der Waals surface area contributed by atoms with Crippen molar-refractivity contribution in [3.8, 4) is 22.3 Å². The summed E-state index contributed by atoms with van der Waals surface area (Å²) in [6, 6.07) is 88.5. The standard InChI is InChI=1S/C62H52N2/c1-3-46(42-45(2)47-22-10-4-11-23-47)48-34-36-50(37-35-48)62-58-41-39-55(63(51-26-14-6-15-27-51)52-28-16-7-17-29-52)43-59(58)61(49-24-12-5-13-25-49)57-40-38-56(44-60(57)62)64(53-30-18-8-19-31-53)54-32-20-9-21-33-54/h4-41,43-46H,3,42H2,1-2H3. The van der Waals surface area contributed by atoms with Crippen LogP contribution in [0.3, 0.4) is 0 Å².